The fraction of sp³-hybridized carbons (Fsp3) is 0.278. The summed E-state index contributed by atoms with van der Waals surface area (Å²) >= 11 is 0. The molecule has 0 aliphatic rings. The second-order valence-electron chi connectivity index (χ2n) is 5.48. The molecule has 2 aromatic carbocycles. The monoisotopic (exact) mass is 338 g/mol. The van der Waals surface area contributed by atoms with E-state index < -0.39 is 6.36 Å². The van der Waals surface area contributed by atoms with Gasteiger partial charge in [-0.3, -0.25) is 4.79 Å². The lowest BCUT2D eigenvalue weighted by Crippen LogP contribution is -2.17. The Morgan fingerprint density at radius 1 is 0.958 bits per heavy atom. The van der Waals surface area contributed by atoms with E-state index in [9.17, 15) is 18.0 Å². The molecular weight excluding hydrogens is 321 g/mol. The van der Waals surface area contributed by atoms with Gasteiger partial charge in [0.25, 0.3) is 0 Å². The molecule has 2 rings (SSSR count). The van der Waals surface area contributed by atoms with Crippen molar-refractivity contribution in [3.8, 4) is 11.5 Å². The van der Waals surface area contributed by atoms with Crippen LogP contribution in [0.25, 0.3) is 0 Å². The van der Waals surface area contributed by atoms with Gasteiger partial charge in [-0.2, -0.15) is 0 Å². The summed E-state index contributed by atoms with van der Waals surface area (Å²) in [7, 11) is 0. The molecule has 0 atom stereocenters. The number of hydrogen-bond donors (Lipinski definition) is 0. The van der Waals surface area contributed by atoms with Gasteiger partial charge in [0.15, 0.2) is 5.78 Å². The van der Waals surface area contributed by atoms with Gasteiger partial charge >= 0.3 is 6.36 Å². The Kier molecular flexibility index (Phi) is 5.49. The number of carbonyl (C=O) groups excluding carboxylic acids is 1. The molecule has 2 aromatic rings. The summed E-state index contributed by atoms with van der Waals surface area (Å²) in [6, 6.07) is 12.0. The lowest BCUT2D eigenvalue weighted by molar-refractivity contribution is -0.274. The molecule has 6 heteroatoms. The Balaban J connectivity index is 1.99. The van der Waals surface area contributed by atoms with Crippen molar-refractivity contribution in [1.29, 1.82) is 0 Å². The van der Waals surface area contributed by atoms with E-state index in [4.69, 9.17) is 4.74 Å². The zero-order valence-corrected chi connectivity index (χ0v) is 13.3. The van der Waals surface area contributed by atoms with Gasteiger partial charge in [-0.25, -0.2) is 0 Å². The summed E-state index contributed by atoms with van der Waals surface area (Å²) in [5.74, 6) is 0.236. The summed E-state index contributed by atoms with van der Waals surface area (Å²) in [5.41, 5.74) is 1.12. The van der Waals surface area contributed by atoms with Crippen LogP contribution in [0, 0.1) is 0 Å². The van der Waals surface area contributed by atoms with Crippen molar-refractivity contribution in [3.05, 3.63) is 59.7 Å². The molecule has 0 aliphatic carbocycles. The fourth-order valence-electron chi connectivity index (χ4n) is 2.09. The molecule has 0 N–H and O–H groups in total. The molecule has 0 aromatic heterocycles. The smallest absolute Gasteiger partial charge is 0.491 e. The van der Waals surface area contributed by atoms with Gasteiger partial charge in [0, 0.05) is 12.0 Å². The summed E-state index contributed by atoms with van der Waals surface area (Å²) in [5, 5.41) is 0. The summed E-state index contributed by atoms with van der Waals surface area (Å²) in [6.45, 7) is 3.82. The number of alkyl halides is 3. The van der Waals surface area contributed by atoms with Crippen LogP contribution in [0.3, 0.4) is 0 Å². The largest absolute Gasteiger partial charge is 0.573 e. The molecule has 0 bridgehead atoms. The molecule has 0 spiro atoms. The fourth-order valence-corrected chi connectivity index (χ4v) is 2.09. The predicted molar refractivity (Wildman–Crippen MR) is 83.4 cm³/mol. The van der Waals surface area contributed by atoms with Crippen molar-refractivity contribution in [2.75, 3.05) is 0 Å². The number of rotatable bonds is 6. The molecular formula is C18H17F3O3. The highest BCUT2D eigenvalue weighted by Gasteiger charge is 2.30. The average molecular weight is 338 g/mol. The number of Topliss-reactive ketones (excluding diaryl/α,β-unsaturated/α-hetero) is 1. The van der Waals surface area contributed by atoms with E-state index in [0.717, 1.165) is 0 Å². The van der Waals surface area contributed by atoms with Gasteiger partial charge in [0.2, 0.25) is 0 Å². The number of ether oxygens (including phenoxy) is 2. The number of carbonyl (C=O) groups is 1. The Morgan fingerprint density at radius 3 is 2.00 bits per heavy atom. The van der Waals surface area contributed by atoms with E-state index >= 15 is 0 Å². The van der Waals surface area contributed by atoms with E-state index in [0.29, 0.717) is 16.9 Å². The third-order valence-corrected chi connectivity index (χ3v) is 3.07. The second kappa shape index (κ2) is 7.38. The first kappa shape index (κ1) is 17.8. The van der Waals surface area contributed by atoms with Crippen molar-refractivity contribution < 1.29 is 27.4 Å². The van der Waals surface area contributed by atoms with Crippen LogP contribution in [0.1, 0.15) is 29.8 Å². The van der Waals surface area contributed by atoms with Gasteiger partial charge in [0.05, 0.1) is 6.10 Å². The number of hydrogen-bond acceptors (Lipinski definition) is 3. The minimum absolute atomic E-state index is 0.0454. The Bertz CT molecular complexity index is 674. The highest BCUT2D eigenvalue weighted by Crippen LogP contribution is 2.23. The van der Waals surface area contributed by atoms with Crippen LogP contribution < -0.4 is 9.47 Å². The van der Waals surface area contributed by atoms with E-state index in [1.54, 1.807) is 24.3 Å². The third-order valence-electron chi connectivity index (χ3n) is 3.07. The molecule has 0 radical (unpaired) electrons. The van der Waals surface area contributed by atoms with E-state index in [-0.39, 0.29) is 24.1 Å². The van der Waals surface area contributed by atoms with Gasteiger partial charge in [0.1, 0.15) is 11.5 Å². The predicted octanol–water partition coefficient (Wildman–Crippen LogP) is 4.80. The zero-order valence-electron chi connectivity index (χ0n) is 13.3. The van der Waals surface area contributed by atoms with Crippen LogP contribution in [0.2, 0.25) is 0 Å². The molecule has 128 valence electrons. The molecule has 0 fully saturated rings. The molecule has 3 nitrogen and oxygen atoms in total. The van der Waals surface area contributed by atoms with Crippen LogP contribution in [-0.4, -0.2) is 18.2 Å². The molecule has 0 aliphatic heterocycles. The van der Waals surface area contributed by atoms with Crippen molar-refractivity contribution in [3.63, 3.8) is 0 Å². The standard InChI is InChI=1S/C18H17F3O3/c1-12(2)23-15-9-5-14(6-10-15)17(22)11-13-3-7-16(8-4-13)24-18(19,20)21/h3-10,12H,11H2,1-2H3. The first-order valence-electron chi connectivity index (χ1n) is 7.37. The SMILES string of the molecule is CC(C)Oc1ccc(C(=O)Cc2ccc(OC(F)(F)F)cc2)cc1. The molecule has 0 unspecified atom stereocenters. The van der Waals surface area contributed by atoms with Crippen molar-refractivity contribution in [1.82, 2.24) is 0 Å². The third kappa shape index (κ3) is 5.61. The van der Waals surface area contributed by atoms with Gasteiger partial charge in [-0.15, -0.1) is 13.2 Å². The number of ketones is 1. The molecule has 0 saturated carbocycles. The van der Waals surface area contributed by atoms with Gasteiger partial charge in [-0.05, 0) is 55.8 Å². The Morgan fingerprint density at radius 2 is 1.50 bits per heavy atom. The van der Waals surface area contributed by atoms with Gasteiger partial charge < -0.3 is 9.47 Å². The maximum atomic E-state index is 12.2. The first-order valence-corrected chi connectivity index (χ1v) is 7.37. The Labute approximate surface area is 138 Å². The maximum absolute atomic E-state index is 12.2. The van der Waals surface area contributed by atoms with Crippen LogP contribution in [-0.2, 0) is 6.42 Å². The lowest BCUT2D eigenvalue weighted by atomic mass is 10.0. The number of halogens is 3. The molecule has 24 heavy (non-hydrogen) atoms. The molecule has 0 heterocycles. The van der Waals surface area contributed by atoms with Crippen LogP contribution in [0.15, 0.2) is 48.5 Å². The minimum atomic E-state index is -4.73. The van der Waals surface area contributed by atoms with Crippen molar-refractivity contribution in [2.24, 2.45) is 0 Å². The van der Waals surface area contributed by atoms with Crippen LogP contribution >= 0.6 is 0 Å². The van der Waals surface area contributed by atoms with Gasteiger partial charge in [-0.1, -0.05) is 12.1 Å². The summed E-state index contributed by atoms with van der Waals surface area (Å²) < 4.78 is 45.6. The summed E-state index contributed by atoms with van der Waals surface area (Å²) in [4.78, 5) is 12.2. The highest BCUT2D eigenvalue weighted by atomic mass is 19.4. The normalized spacial score (nSPS) is 11.4. The highest BCUT2D eigenvalue weighted by molar-refractivity contribution is 5.97. The topological polar surface area (TPSA) is 35.5 Å². The second-order valence-corrected chi connectivity index (χ2v) is 5.48. The van der Waals surface area contributed by atoms with Crippen LogP contribution in [0.4, 0.5) is 13.2 Å². The minimum Gasteiger partial charge on any atom is -0.491 e. The molecule has 0 amide bonds. The van der Waals surface area contributed by atoms with E-state index in [1.807, 2.05) is 13.8 Å². The van der Waals surface area contributed by atoms with E-state index in [1.165, 1.54) is 24.3 Å². The summed E-state index contributed by atoms with van der Waals surface area (Å²) in [6.07, 6.45) is -4.59. The maximum Gasteiger partial charge on any atom is 0.573 e. The zero-order chi connectivity index (χ0) is 17.7. The van der Waals surface area contributed by atoms with Crippen LogP contribution in [0.5, 0.6) is 11.5 Å². The van der Waals surface area contributed by atoms with E-state index in [2.05, 4.69) is 4.74 Å². The average Bonchev–Trinajstić information content (AvgIpc) is 2.48. The Hall–Kier alpha value is -2.50. The number of benzene rings is 2. The molecule has 0 saturated heterocycles. The van der Waals surface area contributed by atoms with Crippen molar-refractivity contribution in [2.45, 2.75) is 32.7 Å². The quantitative estimate of drug-likeness (QED) is 0.710. The lowest BCUT2D eigenvalue weighted by Gasteiger charge is -2.10. The first-order chi connectivity index (χ1) is 11.2. The van der Waals surface area contributed by atoms with Crippen molar-refractivity contribution >= 4 is 5.78 Å².